The van der Waals surface area contributed by atoms with Gasteiger partial charge in [0.2, 0.25) is 0 Å². The number of aromatic nitrogens is 6. The number of benzene rings is 5. The fourth-order valence-corrected chi connectivity index (χ4v) is 4.93. The van der Waals surface area contributed by atoms with Crippen LogP contribution in [0.1, 0.15) is 0 Å². The molecule has 0 aliphatic rings. The molecule has 0 saturated heterocycles. The van der Waals surface area contributed by atoms with Crippen LogP contribution in [-0.4, -0.2) is 50.8 Å². The van der Waals surface area contributed by atoms with Crippen molar-refractivity contribution in [1.82, 2.24) is 30.4 Å². The zero-order chi connectivity index (χ0) is 31.6. The van der Waals surface area contributed by atoms with Gasteiger partial charge < -0.3 is 20.4 Å². The lowest BCUT2D eigenvalue weighted by atomic mass is 10.0. The molecule has 0 saturated carbocycles. The SMILES string of the molecule is Oc1ccc(-c2nnc(-c3ccc(-c4nnc(-c5ccc(O)cc5)c(-c5ccc(O)cc5)n4)cc3)nc2-c2ccc(O)cc2)cc1. The van der Waals surface area contributed by atoms with E-state index in [4.69, 9.17) is 9.97 Å². The average Bonchev–Trinajstić information content (AvgIpc) is 3.09. The van der Waals surface area contributed by atoms with Gasteiger partial charge in [-0.1, -0.05) is 24.3 Å². The summed E-state index contributed by atoms with van der Waals surface area (Å²) >= 11 is 0. The van der Waals surface area contributed by atoms with E-state index in [1.54, 1.807) is 97.1 Å². The summed E-state index contributed by atoms with van der Waals surface area (Å²) in [4.78, 5) is 9.71. The van der Waals surface area contributed by atoms with Crippen molar-refractivity contribution in [3.05, 3.63) is 121 Å². The normalized spacial score (nSPS) is 11.0. The first-order valence-electron chi connectivity index (χ1n) is 14.2. The standard InChI is InChI=1S/C36H24N6O4/c43-27-13-5-21(6-14-27)31-33(23-9-17-29(45)18-10-23)39-41-35(37-31)25-1-2-26(4-3-25)36-38-32(22-7-15-28(44)16-8-22)34(40-42-36)24-11-19-30(46)20-12-24/h1-20,43-46H. The van der Waals surface area contributed by atoms with Crippen molar-refractivity contribution in [3.63, 3.8) is 0 Å². The van der Waals surface area contributed by atoms with Crippen molar-refractivity contribution >= 4 is 0 Å². The van der Waals surface area contributed by atoms with Gasteiger partial charge in [0.05, 0.1) is 0 Å². The summed E-state index contributed by atoms with van der Waals surface area (Å²) in [7, 11) is 0. The smallest absolute Gasteiger partial charge is 0.182 e. The third-order valence-electron chi connectivity index (χ3n) is 7.34. The molecule has 0 amide bonds. The van der Waals surface area contributed by atoms with Gasteiger partial charge in [-0.05, 0) is 97.1 Å². The van der Waals surface area contributed by atoms with Gasteiger partial charge in [0, 0.05) is 33.4 Å². The first kappa shape index (κ1) is 28.1. The molecule has 0 radical (unpaired) electrons. The molecule has 4 N–H and O–H groups in total. The Morgan fingerprint density at radius 2 is 0.500 bits per heavy atom. The van der Waals surface area contributed by atoms with Crippen LogP contribution in [0.15, 0.2) is 121 Å². The zero-order valence-electron chi connectivity index (χ0n) is 24.0. The second kappa shape index (κ2) is 11.8. The van der Waals surface area contributed by atoms with Crippen LogP contribution in [0.4, 0.5) is 0 Å². The Bertz CT molecular complexity index is 2000. The predicted molar refractivity (Wildman–Crippen MR) is 172 cm³/mol. The topological polar surface area (TPSA) is 158 Å². The van der Waals surface area contributed by atoms with Crippen LogP contribution >= 0.6 is 0 Å². The van der Waals surface area contributed by atoms with E-state index in [2.05, 4.69) is 20.4 Å². The van der Waals surface area contributed by atoms with Gasteiger partial charge in [-0.25, -0.2) is 9.97 Å². The third-order valence-corrected chi connectivity index (χ3v) is 7.34. The average molecular weight is 605 g/mol. The van der Waals surface area contributed by atoms with E-state index in [1.165, 1.54) is 0 Å². The van der Waals surface area contributed by atoms with Gasteiger partial charge in [0.1, 0.15) is 45.8 Å². The van der Waals surface area contributed by atoms with Crippen LogP contribution in [0.25, 0.3) is 67.8 Å². The van der Waals surface area contributed by atoms with Crippen molar-refractivity contribution in [2.45, 2.75) is 0 Å². The van der Waals surface area contributed by atoms with E-state index >= 15 is 0 Å². The number of aromatic hydroxyl groups is 4. The molecule has 7 rings (SSSR count). The van der Waals surface area contributed by atoms with E-state index in [1.807, 2.05) is 24.3 Å². The van der Waals surface area contributed by atoms with Crippen molar-refractivity contribution in [3.8, 4) is 90.8 Å². The minimum Gasteiger partial charge on any atom is -0.508 e. The fraction of sp³-hybridized carbons (Fsp3) is 0. The number of hydrogen-bond acceptors (Lipinski definition) is 10. The monoisotopic (exact) mass is 604 g/mol. The second-order valence-electron chi connectivity index (χ2n) is 10.4. The summed E-state index contributed by atoms with van der Waals surface area (Å²) in [6, 6.07) is 34.0. The largest absolute Gasteiger partial charge is 0.508 e. The van der Waals surface area contributed by atoms with Crippen LogP contribution in [0, 0.1) is 0 Å². The minimum atomic E-state index is 0.133. The van der Waals surface area contributed by atoms with Crippen LogP contribution in [-0.2, 0) is 0 Å². The maximum atomic E-state index is 9.84. The molecule has 0 fully saturated rings. The first-order valence-corrected chi connectivity index (χ1v) is 14.2. The van der Waals surface area contributed by atoms with Gasteiger partial charge in [-0.2, -0.15) is 0 Å². The number of hydrogen-bond donors (Lipinski definition) is 4. The predicted octanol–water partition coefficient (Wildman–Crippen LogP) is 6.88. The van der Waals surface area contributed by atoms with Crippen LogP contribution in [0.2, 0.25) is 0 Å². The van der Waals surface area contributed by atoms with E-state index in [9.17, 15) is 20.4 Å². The molecular weight excluding hydrogens is 580 g/mol. The molecule has 5 aromatic carbocycles. The Morgan fingerprint density at radius 3 is 0.783 bits per heavy atom. The lowest BCUT2D eigenvalue weighted by molar-refractivity contribution is 0.475. The number of phenols is 4. The molecule has 0 aliphatic heterocycles. The molecule has 10 heteroatoms. The summed E-state index contributed by atoms with van der Waals surface area (Å²) in [6.45, 7) is 0. The Kier molecular flexibility index (Phi) is 7.20. The molecule has 222 valence electrons. The van der Waals surface area contributed by atoms with Gasteiger partial charge in [-0.15, -0.1) is 20.4 Å². The molecule has 46 heavy (non-hydrogen) atoms. The van der Waals surface area contributed by atoms with Crippen molar-refractivity contribution in [2.75, 3.05) is 0 Å². The van der Waals surface area contributed by atoms with Gasteiger partial charge in [0.25, 0.3) is 0 Å². The van der Waals surface area contributed by atoms with Crippen molar-refractivity contribution in [1.29, 1.82) is 0 Å². The van der Waals surface area contributed by atoms with Crippen LogP contribution < -0.4 is 0 Å². The summed E-state index contributed by atoms with van der Waals surface area (Å²) in [6.07, 6.45) is 0. The van der Waals surface area contributed by atoms with Crippen molar-refractivity contribution < 1.29 is 20.4 Å². The Morgan fingerprint density at radius 1 is 0.261 bits per heavy atom. The maximum absolute atomic E-state index is 9.84. The highest BCUT2D eigenvalue weighted by molar-refractivity contribution is 5.81. The molecular formula is C36H24N6O4. The molecule has 0 unspecified atom stereocenters. The quantitative estimate of drug-likeness (QED) is 0.158. The van der Waals surface area contributed by atoms with Crippen LogP contribution in [0.3, 0.4) is 0 Å². The summed E-state index contributed by atoms with van der Waals surface area (Å²) in [5, 5.41) is 57.0. The molecule has 2 heterocycles. The van der Waals surface area contributed by atoms with E-state index in [0.717, 1.165) is 22.3 Å². The molecule has 7 aromatic rings. The van der Waals surface area contributed by atoms with Gasteiger partial charge >= 0.3 is 0 Å². The number of nitrogens with zero attached hydrogens (tertiary/aromatic N) is 6. The lowest BCUT2D eigenvalue weighted by Crippen LogP contribution is -2.01. The Balaban J connectivity index is 1.27. The molecule has 0 aliphatic carbocycles. The summed E-state index contributed by atoms with van der Waals surface area (Å²) in [5.74, 6) is 1.32. The molecule has 0 bridgehead atoms. The number of phenolic OH excluding ortho intramolecular Hbond substituents is 4. The highest BCUT2D eigenvalue weighted by Gasteiger charge is 2.17. The van der Waals surface area contributed by atoms with E-state index in [0.29, 0.717) is 45.6 Å². The van der Waals surface area contributed by atoms with Crippen molar-refractivity contribution in [2.24, 2.45) is 0 Å². The highest BCUT2D eigenvalue weighted by atomic mass is 16.3. The lowest BCUT2D eigenvalue weighted by Gasteiger charge is -2.11. The van der Waals surface area contributed by atoms with E-state index in [-0.39, 0.29) is 23.0 Å². The first-order chi connectivity index (χ1) is 22.4. The van der Waals surface area contributed by atoms with E-state index < -0.39 is 0 Å². The maximum Gasteiger partial charge on any atom is 0.182 e. The number of rotatable bonds is 6. The van der Waals surface area contributed by atoms with Gasteiger partial charge in [0.15, 0.2) is 11.6 Å². The Hall–Kier alpha value is -6.68. The summed E-state index contributed by atoms with van der Waals surface area (Å²) < 4.78 is 0. The minimum absolute atomic E-state index is 0.133. The molecule has 0 spiro atoms. The van der Waals surface area contributed by atoms with Crippen LogP contribution in [0.5, 0.6) is 23.0 Å². The second-order valence-corrected chi connectivity index (χ2v) is 10.4. The highest BCUT2D eigenvalue weighted by Crippen LogP contribution is 2.34. The summed E-state index contributed by atoms with van der Waals surface area (Å²) in [5.41, 5.74) is 6.54. The fourth-order valence-electron chi connectivity index (χ4n) is 4.93. The third kappa shape index (κ3) is 5.65. The zero-order valence-corrected chi connectivity index (χ0v) is 24.0. The molecule has 0 atom stereocenters. The van der Waals surface area contributed by atoms with Gasteiger partial charge in [-0.3, -0.25) is 0 Å². The Labute approximate surface area is 262 Å². The molecule has 2 aromatic heterocycles. The molecule has 10 nitrogen and oxygen atoms in total.